The van der Waals surface area contributed by atoms with Crippen LogP contribution in [-0.2, 0) is 46.3 Å². The second-order valence-electron chi connectivity index (χ2n) is 13.5. The molecular weight excluding hydrogens is 642 g/mol. The van der Waals surface area contributed by atoms with E-state index in [0.29, 0.717) is 25.1 Å². The van der Waals surface area contributed by atoms with E-state index < -0.39 is 60.0 Å². The predicted molar refractivity (Wildman–Crippen MR) is 185 cm³/mol. The third kappa shape index (κ3) is 10.1. The van der Waals surface area contributed by atoms with Gasteiger partial charge < -0.3 is 35.1 Å². The maximum absolute atomic E-state index is 14.3. The standard InChI is InChI=1S/C37H49N5O8/c1-22(2)16-29(33(44)37(48)50-23(3)4)40-35(46)30(19-27-20-38-21-39-27)41-34(45)26(17-25-12-8-11-24-10-6-7-13-28(24)25)18-32(43)42-15-9-14-31(42)36(47)49-5/h6-8,10-13,20-23,26,29-31,33,44H,9,14-19H2,1-5H3,(H,38,39)(H,40,46)(H,41,45)/t26?,29-,30-,31-,33?/m0/s1. The van der Waals surface area contributed by atoms with Gasteiger partial charge in [0.2, 0.25) is 17.7 Å². The number of hydrogen-bond acceptors (Lipinski definition) is 9. The number of benzene rings is 2. The molecule has 0 bridgehead atoms. The molecule has 2 aromatic carbocycles. The quantitative estimate of drug-likeness (QED) is 0.164. The summed E-state index contributed by atoms with van der Waals surface area (Å²) < 4.78 is 10.1. The van der Waals surface area contributed by atoms with Crippen LogP contribution in [0.15, 0.2) is 55.0 Å². The van der Waals surface area contributed by atoms with Crippen molar-refractivity contribution in [2.24, 2.45) is 11.8 Å². The molecule has 4 rings (SSSR count). The third-order valence-electron chi connectivity index (χ3n) is 8.81. The van der Waals surface area contributed by atoms with E-state index in [9.17, 15) is 29.1 Å². The summed E-state index contributed by atoms with van der Waals surface area (Å²) in [4.78, 5) is 75.6. The van der Waals surface area contributed by atoms with Crippen LogP contribution >= 0.6 is 0 Å². The fourth-order valence-corrected chi connectivity index (χ4v) is 6.40. The van der Waals surface area contributed by atoms with E-state index >= 15 is 0 Å². The van der Waals surface area contributed by atoms with Crippen molar-refractivity contribution in [2.75, 3.05) is 13.7 Å². The molecule has 4 N–H and O–H groups in total. The van der Waals surface area contributed by atoms with Crippen LogP contribution in [0.3, 0.4) is 0 Å². The van der Waals surface area contributed by atoms with Crippen molar-refractivity contribution in [1.29, 1.82) is 0 Å². The molecule has 0 saturated carbocycles. The number of rotatable bonds is 16. The number of aliphatic hydroxyl groups excluding tert-OH is 1. The van der Waals surface area contributed by atoms with Gasteiger partial charge in [-0.1, -0.05) is 56.3 Å². The Morgan fingerprint density at radius 1 is 1.00 bits per heavy atom. The smallest absolute Gasteiger partial charge is 0.337 e. The Morgan fingerprint density at radius 2 is 1.74 bits per heavy atom. The number of aromatic amines is 1. The van der Waals surface area contributed by atoms with Crippen LogP contribution in [0.2, 0.25) is 0 Å². The molecule has 0 radical (unpaired) electrons. The molecule has 1 aromatic heterocycles. The summed E-state index contributed by atoms with van der Waals surface area (Å²) in [5.41, 5.74) is 1.34. The number of aromatic nitrogens is 2. The summed E-state index contributed by atoms with van der Waals surface area (Å²) in [5, 5.41) is 18.4. The van der Waals surface area contributed by atoms with Gasteiger partial charge in [-0.25, -0.2) is 14.6 Å². The van der Waals surface area contributed by atoms with Crippen LogP contribution in [0.1, 0.15) is 64.6 Å². The number of fused-ring (bicyclic) bond motifs is 1. The zero-order chi connectivity index (χ0) is 36.4. The van der Waals surface area contributed by atoms with E-state index in [2.05, 4.69) is 20.6 Å². The van der Waals surface area contributed by atoms with E-state index in [0.717, 1.165) is 16.3 Å². The molecule has 13 heteroatoms. The highest BCUT2D eigenvalue weighted by atomic mass is 16.6. The van der Waals surface area contributed by atoms with Crippen molar-refractivity contribution in [2.45, 2.75) is 96.6 Å². The minimum absolute atomic E-state index is 0.00308. The Bertz CT molecular complexity index is 1620. The van der Waals surface area contributed by atoms with Crippen LogP contribution in [-0.4, -0.2) is 93.6 Å². The summed E-state index contributed by atoms with van der Waals surface area (Å²) in [7, 11) is 1.28. The van der Waals surface area contributed by atoms with Gasteiger partial charge in [0, 0.05) is 25.6 Å². The molecular formula is C37H49N5O8. The number of aliphatic hydroxyl groups is 1. The second-order valence-corrected chi connectivity index (χ2v) is 13.5. The van der Waals surface area contributed by atoms with E-state index in [1.807, 2.05) is 56.3 Å². The van der Waals surface area contributed by atoms with Crippen LogP contribution in [0.4, 0.5) is 0 Å². The lowest BCUT2D eigenvalue weighted by Gasteiger charge is -2.29. The Kier molecular flexibility index (Phi) is 13.5. The monoisotopic (exact) mass is 691 g/mol. The van der Waals surface area contributed by atoms with Gasteiger partial charge >= 0.3 is 11.9 Å². The Morgan fingerprint density at radius 3 is 2.42 bits per heavy atom. The zero-order valence-corrected chi connectivity index (χ0v) is 29.4. The fraction of sp³-hybridized carbons (Fsp3) is 0.514. The van der Waals surface area contributed by atoms with E-state index in [4.69, 9.17) is 9.47 Å². The third-order valence-corrected chi connectivity index (χ3v) is 8.81. The molecule has 3 amide bonds. The number of imidazole rings is 1. The molecule has 1 saturated heterocycles. The number of nitrogens with zero attached hydrogens (tertiary/aromatic N) is 2. The van der Waals surface area contributed by atoms with Gasteiger partial charge in [0.05, 0.1) is 37.2 Å². The zero-order valence-electron chi connectivity index (χ0n) is 29.4. The van der Waals surface area contributed by atoms with Gasteiger partial charge in [-0.05, 0) is 61.8 Å². The van der Waals surface area contributed by atoms with Crippen molar-refractivity contribution >= 4 is 40.4 Å². The Labute approximate surface area is 292 Å². The predicted octanol–water partition coefficient (Wildman–Crippen LogP) is 2.85. The van der Waals surface area contributed by atoms with Crippen molar-refractivity contribution in [3.8, 4) is 0 Å². The van der Waals surface area contributed by atoms with Crippen LogP contribution in [0, 0.1) is 11.8 Å². The maximum atomic E-state index is 14.3. The number of carbonyl (C=O) groups excluding carboxylic acids is 5. The molecule has 1 fully saturated rings. The molecule has 0 spiro atoms. The van der Waals surface area contributed by atoms with Crippen LogP contribution < -0.4 is 10.6 Å². The maximum Gasteiger partial charge on any atom is 0.337 e. The fourth-order valence-electron chi connectivity index (χ4n) is 6.40. The second kappa shape index (κ2) is 17.7. The lowest BCUT2D eigenvalue weighted by atomic mass is 9.91. The average Bonchev–Trinajstić information content (AvgIpc) is 3.79. The number of nitrogens with one attached hydrogen (secondary N) is 3. The van der Waals surface area contributed by atoms with Crippen molar-refractivity contribution in [3.05, 3.63) is 66.2 Å². The Balaban J connectivity index is 1.63. The molecule has 2 heterocycles. The first-order valence-electron chi connectivity index (χ1n) is 17.2. The van der Waals surface area contributed by atoms with Crippen molar-refractivity contribution in [1.82, 2.24) is 25.5 Å². The molecule has 50 heavy (non-hydrogen) atoms. The molecule has 2 unspecified atom stereocenters. The molecule has 1 aliphatic rings. The number of H-pyrrole nitrogens is 1. The lowest BCUT2D eigenvalue weighted by Crippen LogP contribution is -2.56. The summed E-state index contributed by atoms with van der Waals surface area (Å²) in [6.45, 7) is 7.47. The van der Waals surface area contributed by atoms with Gasteiger partial charge in [0.25, 0.3) is 0 Å². The summed E-state index contributed by atoms with van der Waals surface area (Å²) >= 11 is 0. The van der Waals surface area contributed by atoms with Gasteiger partial charge in [0.15, 0.2) is 6.10 Å². The number of ether oxygens (including phenoxy) is 2. The van der Waals surface area contributed by atoms with E-state index in [1.165, 1.54) is 18.3 Å². The normalized spacial score (nSPS) is 16.9. The van der Waals surface area contributed by atoms with Gasteiger partial charge in [-0.15, -0.1) is 0 Å². The lowest BCUT2D eigenvalue weighted by molar-refractivity contribution is -0.159. The number of esters is 2. The number of amides is 3. The molecule has 0 aliphatic carbocycles. The minimum atomic E-state index is -1.63. The first-order valence-corrected chi connectivity index (χ1v) is 17.2. The first kappa shape index (κ1) is 38.0. The first-order chi connectivity index (χ1) is 23.9. The summed E-state index contributed by atoms with van der Waals surface area (Å²) in [6, 6.07) is 10.6. The highest BCUT2D eigenvalue weighted by Gasteiger charge is 2.38. The minimum Gasteiger partial charge on any atom is -0.467 e. The van der Waals surface area contributed by atoms with E-state index in [1.54, 1.807) is 20.0 Å². The van der Waals surface area contributed by atoms with E-state index in [-0.39, 0.29) is 37.5 Å². The number of hydrogen-bond donors (Lipinski definition) is 4. The number of carbonyl (C=O) groups is 5. The molecule has 5 atom stereocenters. The number of methoxy groups -OCH3 is 1. The molecule has 1 aliphatic heterocycles. The number of likely N-dealkylation sites (tertiary alicyclic amines) is 1. The average molecular weight is 692 g/mol. The molecule has 270 valence electrons. The molecule has 13 nitrogen and oxygen atoms in total. The van der Waals surface area contributed by atoms with Crippen molar-refractivity contribution < 1.29 is 38.6 Å². The summed E-state index contributed by atoms with van der Waals surface area (Å²) in [6.07, 6.45) is 2.28. The Hall–Kier alpha value is -4.78. The van der Waals surface area contributed by atoms with Gasteiger partial charge in [-0.3, -0.25) is 14.4 Å². The molecule has 3 aromatic rings. The summed E-state index contributed by atoms with van der Waals surface area (Å²) in [5.74, 6) is -3.83. The highest BCUT2D eigenvalue weighted by molar-refractivity contribution is 5.93. The van der Waals surface area contributed by atoms with Crippen LogP contribution in [0.25, 0.3) is 10.8 Å². The van der Waals surface area contributed by atoms with Crippen LogP contribution in [0.5, 0.6) is 0 Å². The highest BCUT2D eigenvalue weighted by Crippen LogP contribution is 2.26. The van der Waals surface area contributed by atoms with Gasteiger partial charge in [0.1, 0.15) is 12.1 Å². The largest absolute Gasteiger partial charge is 0.467 e. The topological polar surface area (TPSA) is 180 Å². The van der Waals surface area contributed by atoms with Gasteiger partial charge in [-0.2, -0.15) is 0 Å². The SMILES string of the molecule is COC(=O)[C@@H]1CCCN1C(=O)CC(Cc1cccc2ccccc12)C(=O)N[C@@H](Cc1c[nH]cn1)C(=O)N[C@@H](CC(C)C)C(O)C(=O)OC(C)C. The van der Waals surface area contributed by atoms with Crippen molar-refractivity contribution in [3.63, 3.8) is 0 Å².